The van der Waals surface area contributed by atoms with Crippen LogP contribution in [0.25, 0.3) is 0 Å². The third-order valence-corrected chi connectivity index (χ3v) is 13.3. The van der Waals surface area contributed by atoms with Crippen LogP contribution in [0.15, 0.2) is 12.2 Å². The molecule has 0 aliphatic heterocycles. The van der Waals surface area contributed by atoms with E-state index in [1.54, 1.807) is 0 Å². The lowest BCUT2D eigenvalue weighted by molar-refractivity contribution is -0.167. The van der Waals surface area contributed by atoms with Crippen molar-refractivity contribution in [3.05, 3.63) is 12.2 Å². The van der Waals surface area contributed by atoms with Crippen LogP contribution in [-0.4, -0.2) is 37.2 Å². The minimum absolute atomic E-state index is 0.0669. The summed E-state index contributed by atoms with van der Waals surface area (Å²) in [5.74, 6) is -0.853. The molecule has 0 spiro atoms. The molecule has 6 nitrogen and oxygen atoms in total. The highest BCUT2D eigenvalue weighted by Gasteiger charge is 2.19. The second kappa shape index (κ2) is 54.8. The molecule has 0 aliphatic carbocycles. The van der Waals surface area contributed by atoms with Crippen LogP contribution in [0, 0.1) is 0 Å². The number of esters is 3. The standard InChI is InChI=1S/C59H112O6/c1-4-7-10-13-16-19-22-24-26-27-28-29-30-31-33-35-38-41-44-47-50-53-59(62)65-56(54-63-57(60)51-48-45-42-39-36-21-18-15-12-9-6-3)55-64-58(61)52-49-46-43-40-37-34-32-25-23-20-17-14-11-8-5-2/h25,32,56H,4-24,26-31,33-55H2,1-3H3/b32-25-/t56-/m0/s1. The molecular weight excluding hydrogens is 805 g/mol. The Kier molecular flexibility index (Phi) is 53.2. The minimum atomic E-state index is -0.767. The van der Waals surface area contributed by atoms with Crippen molar-refractivity contribution in [2.75, 3.05) is 13.2 Å². The molecule has 0 aliphatic rings. The zero-order valence-electron chi connectivity index (χ0n) is 44.0. The smallest absolute Gasteiger partial charge is 0.306 e. The van der Waals surface area contributed by atoms with Gasteiger partial charge in [0.1, 0.15) is 13.2 Å². The molecule has 0 aromatic heterocycles. The lowest BCUT2D eigenvalue weighted by Crippen LogP contribution is -2.30. The van der Waals surface area contributed by atoms with Crippen molar-refractivity contribution in [2.24, 2.45) is 0 Å². The number of hydrogen-bond donors (Lipinski definition) is 0. The molecule has 0 bridgehead atoms. The lowest BCUT2D eigenvalue weighted by atomic mass is 10.0. The van der Waals surface area contributed by atoms with E-state index in [1.807, 2.05) is 0 Å². The topological polar surface area (TPSA) is 78.9 Å². The average Bonchev–Trinajstić information content (AvgIpc) is 3.30. The Hall–Kier alpha value is -1.85. The summed E-state index contributed by atoms with van der Waals surface area (Å²) in [6.07, 6.45) is 62.1. The summed E-state index contributed by atoms with van der Waals surface area (Å²) in [6, 6.07) is 0. The maximum atomic E-state index is 12.8. The number of carbonyl (C=O) groups is 3. The summed E-state index contributed by atoms with van der Waals surface area (Å²) in [5.41, 5.74) is 0. The van der Waals surface area contributed by atoms with E-state index in [4.69, 9.17) is 14.2 Å². The molecule has 384 valence electrons. The predicted molar refractivity (Wildman–Crippen MR) is 280 cm³/mol. The fraction of sp³-hybridized carbons (Fsp3) is 0.915. The predicted octanol–water partition coefficient (Wildman–Crippen LogP) is 19.3. The van der Waals surface area contributed by atoms with Gasteiger partial charge in [-0.3, -0.25) is 14.4 Å². The Balaban J connectivity index is 4.25. The number of rotatable bonds is 54. The molecule has 65 heavy (non-hydrogen) atoms. The third-order valence-electron chi connectivity index (χ3n) is 13.3. The van der Waals surface area contributed by atoms with E-state index in [0.29, 0.717) is 19.3 Å². The first-order valence-corrected chi connectivity index (χ1v) is 29.2. The summed E-state index contributed by atoms with van der Waals surface area (Å²) in [4.78, 5) is 38.1. The molecule has 0 fully saturated rings. The fourth-order valence-electron chi connectivity index (χ4n) is 8.85. The molecule has 0 rings (SSSR count). The average molecular weight is 918 g/mol. The molecule has 6 heteroatoms. The van der Waals surface area contributed by atoms with Crippen LogP contribution in [0.5, 0.6) is 0 Å². The maximum Gasteiger partial charge on any atom is 0.306 e. The lowest BCUT2D eigenvalue weighted by Gasteiger charge is -2.18. The van der Waals surface area contributed by atoms with Gasteiger partial charge in [-0.05, 0) is 44.9 Å². The van der Waals surface area contributed by atoms with E-state index in [-0.39, 0.29) is 31.1 Å². The highest BCUT2D eigenvalue weighted by atomic mass is 16.6. The molecule has 0 saturated heterocycles. The minimum Gasteiger partial charge on any atom is -0.462 e. The maximum absolute atomic E-state index is 12.8. The van der Waals surface area contributed by atoms with E-state index >= 15 is 0 Å². The van der Waals surface area contributed by atoms with Crippen LogP contribution >= 0.6 is 0 Å². The SMILES string of the molecule is CCCCCCCC/C=C\CCCCCCCC(=O)OC[C@H](COC(=O)CCCCCCCCCCCCC)OC(=O)CCCCCCCCCCCCCCCCCCCCCCC. The van der Waals surface area contributed by atoms with Crippen LogP contribution in [0.4, 0.5) is 0 Å². The molecule has 0 radical (unpaired) electrons. The van der Waals surface area contributed by atoms with Gasteiger partial charge in [0.05, 0.1) is 0 Å². The van der Waals surface area contributed by atoms with Gasteiger partial charge in [0.25, 0.3) is 0 Å². The van der Waals surface area contributed by atoms with Gasteiger partial charge in [-0.2, -0.15) is 0 Å². The van der Waals surface area contributed by atoms with Gasteiger partial charge in [0.2, 0.25) is 0 Å². The fourth-order valence-corrected chi connectivity index (χ4v) is 8.85. The van der Waals surface area contributed by atoms with Crippen molar-refractivity contribution in [2.45, 2.75) is 335 Å². The van der Waals surface area contributed by atoms with Gasteiger partial charge in [0, 0.05) is 19.3 Å². The third kappa shape index (κ3) is 53.0. The van der Waals surface area contributed by atoms with E-state index < -0.39 is 6.10 Å². The molecule has 0 heterocycles. The quantitative estimate of drug-likeness (QED) is 0.0262. The molecule has 0 unspecified atom stereocenters. The van der Waals surface area contributed by atoms with E-state index in [2.05, 4.69) is 32.9 Å². The van der Waals surface area contributed by atoms with Crippen molar-refractivity contribution in [3.8, 4) is 0 Å². The number of carbonyl (C=O) groups excluding carboxylic acids is 3. The van der Waals surface area contributed by atoms with Gasteiger partial charge in [0.15, 0.2) is 6.10 Å². The van der Waals surface area contributed by atoms with Gasteiger partial charge in [-0.25, -0.2) is 0 Å². The van der Waals surface area contributed by atoms with Crippen molar-refractivity contribution in [1.29, 1.82) is 0 Å². The normalized spacial score (nSPS) is 12.0. The molecule has 0 amide bonds. The Labute approximate surface area is 405 Å². The Bertz CT molecular complexity index is 1010. The first-order chi connectivity index (χ1) is 32.0. The van der Waals surface area contributed by atoms with Crippen LogP contribution in [-0.2, 0) is 28.6 Å². The monoisotopic (exact) mass is 917 g/mol. The van der Waals surface area contributed by atoms with Crippen LogP contribution in [0.1, 0.15) is 329 Å². The molecule has 1 atom stereocenters. The first-order valence-electron chi connectivity index (χ1n) is 29.2. The summed E-state index contributed by atoms with van der Waals surface area (Å²) >= 11 is 0. The number of ether oxygens (including phenoxy) is 3. The molecule has 0 aromatic carbocycles. The van der Waals surface area contributed by atoms with Gasteiger partial charge in [-0.15, -0.1) is 0 Å². The largest absolute Gasteiger partial charge is 0.462 e. The number of unbranched alkanes of at least 4 members (excludes halogenated alkanes) is 41. The van der Waals surface area contributed by atoms with Gasteiger partial charge in [-0.1, -0.05) is 277 Å². The molecular formula is C59H112O6. The molecule has 0 aromatic rings. The van der Waals surface area contributed by atoms with Gasteiger partial charge < -0.3 is 14.2 Å². The van der Waals surface area contributed by atoms with Crippen molar-refractivity contribution in [3.63, 3.8) is 0 Å². The van der Waals surface area contributed by atoms with Crippen LogP contribution < -0.4 is 0 Å². The van der Waals surface area contributed by atoms with Crippen LogP contribution in [0.2, 0.25) is 0 Å². The zero-order valence-corrected chi connectivity index (χ0v) is 44.0. The highest BCUT2D eigenvalue weighted by molar-refractivity contribution is 5.71. The van der Waals surface area contributed by atoms with E-state index in [1.165, 1.54) is 225 Å². The Morgan fingerprint density at radius 3 is 0.769 bits per heavy atom. The number of hydrogen-bond acceptors (Lipinski definition) is 6. The summed E-state index contributed by atoms with van der Waals surface area (Å²) in [5, 5.41) is 0. The summed E-state index contributed by atoms with van der Waals surface area (Å²) in [7, 11) is 0. The highest BCUT2D eigenvalue weighted by Crippen LogP contribution is 2.17. The second-order valence-corrected chi connectivity index (χ2v) is 19.9. The summed E-state index contributed by atoms with van der Waals surface area (Å²) < 4.78 is 16.9. The first kappa shape index (κ1) is 63.1. The Morgan fingerprint density at radius 2 is 0.508 bits per heavy atom. The summed E-state index contributed by atoms with van der Waals surface area (Å²) in [6.45, 7) is 6.68. The van der Waals surface area contributed by atoms with Crippen molar-refractivity contribution >= 4 is 17.9 Å². The van der Waals surface area contributed by atoms with E-state index in [0.717, 1.165) is 64.2 Å². The Morgan fingerprint density at radius 1 is 0.292 bits per heavy atom. The molecule has 0 saturated carbocycles. The second-order valence-electron chi connectivity index (χ2n) is 19.9. The van der Waals surface area contributed by atoms with Crippen molar-refractivity contribution in [1.82, 2.24) is 0 Å². The van der Waals surface area contributed by atoms with Crippen molar-refractivity contribution < 1.29 is 28.6 Å². The zero-order chi connectivity index (χ0) is 47.2. The number of allylic oxidation sites excluding steroid dienone is 2. The molecule has 0 N–H and O–H groups in total. The van der Waals surface area contributed by atoms with Crippen LogP contribution in [0.3, 0.4) is 0 Å². The van der Waals surface area contributed by atoms with Gasteiger partial charge >= 0.3 is 17.9 Å². The van der Waals surface area contributed by atoms with E-state index in [9.17, 15) is 14.4 Å².